The number of nitrogens with two attached hydrogens (primary N) is 2. The summed E-state index contributed by atoms with van der Waals surface area (Å²) in [6.45, 7) is 0.155. The Kier molecular flexibility index (Phi) is 5.92. The van der Waals surface area contributed by atoms with E-state index in [0.29, 0.717) is 16.7 Å². The lowest BCUT2D eigenvalue weighted by Gasteiger charge is -2.50. The number of carboxylic acid groups (broad SMARTS) is 1. The fourth-order valence-electron chi connectivity index (χ4n) is 3.86. The molecule has 0 aromatic carbocycles. The van der Waals surface area contributed by atoms with Crippen LogP contribution in [0.2, 0.25) is 0 Å². The van der Waals surface area contributed by atoms with Gasteiger partial charge < -0.3 is 35.9 Å². The van der Waals surface area contributed by atoms with Gasteiger partial charge in [0.05, 0.1) is 11.7 Å². The largest absolute Gasteiger partial charge is 0.543 e. The molecule has 3 aromatic heterocycles. The van der Waals surface area contributed by atoms with E-state index in [1.807, 2.05) is 0 Å². The molecule has 1 fully saturated rings. The maximum atomic E-state index is 13.0. The molecule has 36 heavy (non-hydrogen) atoms. The molecule has 2 aliphatic rings. The van der Waals surface area contributed by atoms with Gasteiger partial charge in [-0.3, -0.25) is 14.5 Å². The van der Waals surface area contributed by atoms with E-state index in [1.165, 1.54) is 18.9 Å². The second-order valence-corrected chi connectivity index (χ2v) is 9.49. The lowest BCUT2D eigenvalue weighted by molar-refractivity contribution is -0.688. The molecular formula is C19H17N9O6S2. The van der Waals surface area contributed by atoms with Crippen LogP contribution in [0.15, 0.2) is 39.3 Å². The average Bonchev–Trinajstić information content (AvgIpc) is 3.44. The van der Waals surface area contributed by atoms with E-state index in [-0.39, 0.29) is 40.7 Å². The van der Waals surface area contributed by atoms with Gasteiger partial charge in [0.2, 0.25) is 23.3 Å². The van der Waals surface area contributed by atoms with Gasteiger partial charge in [-0.15, -0.1) is 11.8 Å². The number of fused-ring (bicyclic) bond motifs is 2. The smallest absolute Gasteiger partial charge is 0.293 e. The monoisotopic (exact) mass is 531 g/mol. The minimum Gasteiger partial charge on any atom is -0.543 e. The van der Waals surface area contributed by atoms with Crippen molar-refractivity contribution in [1.82, 2.24) is 24.6 Å². The van der Waals surface area contributed by atoms with E-state index in [2.05, 4.69) is 24.8 Å². The third-order valence-corrected chi connectivity index (χ3v) is 7.24. The number of nitrogens with one attached hydrogen (secondary N) is 1. The van der Waals surface area contributed by atoms with Crippen molar-refractivity contribution >= 4 is 69.0 Å². The zero-order valence-electron chi connectivity index (χ0n) is 18.4. The number of nitrogen functional groups attached to an aromatic ring is 2. The summed E-state index contributed by atoms with van der Waals surface area (Å²) in [4.78, 5) is 51.5. The molecule has 5 N–H and O–H groups in total. The molecule has 1 unspecified atom stereocenters. The Morgan fingerprint density at radius 2 is 2.22 bits per heavy atom. The molecule has 5 rings (SSSR count). The SMILES string of the molecule is CON=C(C(=O)NC1C(=O)N2C(C(=O)[O-])=C(C[n+]3ccc4nc(N)oc4c3)CS[C@@H]12)c1nsc(N)n1. The molecule has 5 heterocycles. The van der Waals surface area contributed by atoms with Crippen LogP contribution >= 0.6 is 23.3 Å². The van der Waals surface area contributed by atoms with Gasteiger partial charge in [0.15, 0.2) is 17.9 Å². The van der Waals surface area contributed by atoms with Crippen molar-refractivity contribution in [2.24, 2.45) is 5.16 Å². The third kappa shape index (κ3) is 4.07. The Bertz CT molecular complexity index is 1460. The first-order chi connectivity index (χ1) is 17.3. The Balaban J connectivity index is 1.36. The van der Waals surface area contributed by atoms with E-state index in [1.54, 1.807) is 23.0 Å². The van der Waals surface area contributed by atoms with Gasteiger partial charge in [0, 0.05) is 28.9 Å². The highest BCUT2D eigenvalue weighted by molar-refractivity contribution is 8.00. The number of pyridine rings is 1. The molecule has 17 heteroatoms. The Hall–Kier alpha value is -4.25. The van der Waals surface area contributed by atoms with E-state index in [0.717, 1.165) is 16.4 Å². The predicted molar refractivity (Wildman–Crippen MR) is 124 cm³/mol. The number of nitrogens with zero attached hydrogens (tertiary/aromatic N) is 6. The number of oxazole rings is 1. The van der Waals surface area contributed by atoms with E-state index in [9.17, 15) is 19.5 Å². The molecule has 2 atom stereocenters. The van der Waals surface area contributed by atoms with E-state index < -0.39 is 29.2 Å². The van der Waals surface area contributed by atoms with E-state index >= 15 is 0 Å². The van der Waals surface area contributed by atoms with Gasteiger partial charge in [-0.25, -0.2) is 0 Å². The quantitative estimate of drug-likeness (QED) is 0.126. The molecule has 0 aliphatic carbocycles. The van der Waals surface area contributed by atoms with Crippen molar-refractivity contribution in [3.63, 3.8) is 0 Å². The zero-order chi connectivity index (χ0) is 25.6. The second-order valence-electron chi connectivity index (χ2n) is 7.60. The average molecular weight is 532 g/mol. The molecule has 0 radical (unpaired) electrons. The number of hydrogen-bond acceptors (Lipinski definition) is 14. The summed E-state index contributed by atoms with van der Waals surface area (Å²) < 4.78 is 10.9. The van der Waals surface area contributed by atoms with Crippen LogP contribution in [-0.2, 0) is 25.8 Å². The minimum atomic E-state index is -1.50. The summed E-state index contributed by atoms with van der Waals surface area (Å²) in [5.74, 6) is -2.66. The Morgan fingerprint density at radius 1 is 1.42 bits per heavy atom. The number of hydrogen-bond donors (Lipinski definition) is 3. The number of amides is 2. The number of anilines is 2. The Morgan fingerprint density at radius 3 is 2.92 bits per heavy atom. The predicted octanol–water partition coefficient (Wildman–Crippen LogP) is -2.41. The standard InChI is InChI=1S/C19H17N9O6S2/c1-33-25-10(13-24-19(21)36-26-13)14(29)23-11-15(30)28-12(17(31)32)7(6-35-16(11)28)4-27-3-2-8-9(5-27)34-18(20)22-8/h2-3,5,11,16,20H,4,6H2,1H3,(H4,21,23,24,26,29,31,32)/t11?,16-/m0/s1. The van der Waals surface area contributed by atoms with Crippen molar-refractivity contribution in [2.75, 3.05) is 24.3 Å². The Labute approximate surface area is 210 Å². The van der Waals surface area contributed by atoms with Crippen LogP contribution in [0.5, 0.6) is 0 Å². The zero-order valence-corrected chi connectivity index (χ0v) is 20.0. The summed E-state index contributed by atoms with van der Waals surface area (Å²) in [6.07, 6.45) is 3.32. The molecular weight excluding hydrogens is 514 g/mol. The van der Waals surface area contributed by atoms with Crippen LogP contribution < -0.4 is 26.5 Å². The molecule has 2 amide bonds. The summed E-state index contributed by atoms with van der Waals surface area (Å²) in [5, 5.41) is 17.7. The molecule has 0 bridgehead atoms. The van der Waals surface area contributed by atoms with Crippen molar-refractivity contribution < 1.29 is 33.3 Å². The number of rotatable bonds is 7. The molecule has 1 saturated heterocycles. The minimum absolute atomic E-state index is 0.0143. The number of aliphatic carboxylic acids is 1. The number of carboxylic acids is 1. The number of aromatic nitrogens is 4. The first-order valence-corrected chi connectivity index (χ1v) is 12.0. The summed E-state index contributed by atoms with van der Waals surface area (Å²) in [7, 11) is 1.24. The molecule has 186 valence electrons. The number of carbonyl (C=O) groups is 3. The van der Waals surface area contributed by atoms with Crippen molar-refractivity contribution in [3.05, 3.63) is 35.6 Å². The topological polar surface area (TPSA) is 219 Å². The highest BCUT2D eigenvalue weighted by atomic mass is 32.2. The number of thioether (sulfide) groups is 1. The summed E-state index contributed by atoms with van der Waals surface area (Å²) >= 11 is 2.16. The normalized spacial score (nSPS) is 19.8. The second kappa shape index (κ2) is 9.08. The lowest BCUT2D eigenvalue weighted by Crippen LogP contribution is -2.71. The van der Waals surface area contributed by atoms with Crippen LogP contribution in [-0.4, -0.2) is 67.0 Å². The van der Waals surface area contributed by atoms with Gasteiger partial charge in [0.25, 0.3) is 17.8 Å². The molecule has 0 spiro atoms. The number of carbonyl (C=O) groups excluding carboxylic acids is 3. The van der Waals surface area contributed by atoms with Gasteiger partial charge in [-0.2, -0.15) is 18.9 Å². The maximum absolute atomic E-state index is 13.0. The summed E-state index contributed by atoms with van der Waals surface area (Å²) in [5.41, 5.74) is 12.1. The molecule has 2 aliphatic heterocycles. The maximum Gasteiger partial charge on any atom is 0.293 e. The third-order valence-electron chi connectivity index (χ3n) is 5.36. The van der Waals surface area contributed by atoms with Gasteiger partial charge in [-0.05, 0) is 0 Å². The van der Waals surface area contributed by atoms with Crippen molar-refractivity contribution in [1.29, 1.82) is 0 Å². The van der Waals surface area contributed by atoms with Gasteiger partial charge in [0.1, 0.15) is 24.0 Å². The number of β-lactam (4-membered cyclic amide) rings is 1. The first kappa shape index (κ1) is 23.5. The number of oxime groups is 1. The highest BCUT2D eigenvalue weighted by Gasteiger charge is 2.53. The fraction of sp³-hybridized carbons (Fsp3) is 0.263. The highest BCUT2D eigenvalue weighted by Crippen LogP contribution is 2.40. The van der Waals surface area contributed by atoms with Crippen molar-refractivity contribution in [3.8, 4) is 0 Å². The molecule has 15 nitrogen and oxygen atoms in total. The van der Waals surface area contributed by atoms with Crippen LogP contribution in [0.4, 0.5) is 11.1 Å². The first-order valence-electron chi connectivity index (χ1n) is 10.2. The van der Waals surface area contributed by atoms with Crippen LogP contribution in [0.25, 0.3) is 11.1 Å². The van der Waals surface area contributed by atoms with Crippen molar-refractivity contribution in [2.45, 2.75) is 18.0 Å². The van der Waals surface area contributed by atoms with E-state index in [4.69, 9.17) is 20.7 Å². The van der Waals surface area contributed by atoms with Crippen LogP contribution in [0.3, 0.4) is 0 Å². The van der Waals surface area contributed by atoms with Crippen LogP contribution in [0, 0.1) is 0 Å². The summed E-state index contributed by atoms with van der Waals surface area (Å²) in [6, 6.07) is 0.690. The fourth-order valence-corrected chi connectivity index (χ4v) is 5.63. The van der Waals surface area contributed by atoms with Gasteiger partial charge >= 0.3 is 0 Å². The van der Waals surface area contributed by atoms with Gasteiger partial charge in [-0.1, -0.05) is 5.16 Å². The molecule has 0 saturated carbocycles. The lowest BCUT2D eigenvalue weighted by atomic mass is 10.0. The van der Waals surface area contributed by atoms with Crippen LogP contribution in [0.1, 0.15) is 5.82 Å². The molecule has 3 aromatic rings.